The maximum atomic E-state index is 11.6. The number of rotatable bonds is 5. The van der Waals surface area contributed by atoms with E-state index in [9.17, 15) is 9.59 Å². The Bertz CT molecular complexity index is 327. The maximum Gasteiger partial charge on any atom is 0.223 e. The summed E-state index contributed by atoms with van der Waals surface area (Å²) in [5.41, 5.74) is 0. The molecular formula is C13H20N2O2. The molecule has 0 aromatic heterocycles. The summed E-state index contributed by atoms with van der Waals surface area (Å²) in [5.74, 6) is 0.806. The van der Waals surface area contributed by atoms with Crippen molar-refractivity contribution in [3.05, 3.63) is 12.7 Å². The molecule has 2 fully saturated rings. The fourth-order valence-electron chi connectivity index (χ4n) is 2.57. The molecule has 2 aliphatic heterocycles. The van der Waals surface area contributed by atoms with E-state index in [1.165, 1.54) is 0 Å². The molecule has 2 amide bonds. The van der Waals surface area contributed by atoms with Gasteiger partial charge >= 0.3 is 0 Å². The second kappa shape index (κ2) is 5.34. The monoisotopic (exact) mass is 236 g/mol. The zero-order valence-corrected chi connectivity index (χ0v) is 10.2. The van der Waals surface area contributed by atoms with E-state index in [4.69, 9.17) is 0 Å². The van der Waals surface area contributed by atoms with Gasteiger partial charge in [-0.1, -0.05) is 6.08 Å². The first-order chi connectivity index (χ1) is 8.20. The number of carbonyl (C=O) groups excluding carboxylic acids is 2. The highest BCUT2D eigenvalue weighted by molar-refractivity contribution is 5.79. The van der Waals surface area contributed by atoms with Crippen molar-refractivity contribution in [2.75, 3.05) is 26.2 Å². The van der Waals surface area contributed by atoms with Crippen LogP contribution in [-0.4, -0.2) is 47.8 Å². The summed E-state index contributed by atoms with van der Waals surface area (Å²) in [6.45, 7) is 6.99. The normalized spacial score (nSPS) is 24.8. The fraction of sp³-hybridized carbons (Fsp3) is 0.692. The van der Waals surface area contributed by atoms with Gasteiger partial charge in [-0.2, -0.15) is 0 Å². The molecule has 0 aliphatic carbocycles. The minimum Gasteiger partial charge on any atom is -0.343 e. The Morgan fingerprint density at radius 1 is 1.24 bits per heavy atom. The summed E-state index contributed by atoms with van der Waals surface area (Å²) >= 11 is 0. The van der Waals surface area contributed by atoms with Crippen LogP contribution in [0.2, 0.25) is 0 Å². The summed E-state index contributed by atoms with van der Waals surface area (Å²) < 4.78 is 0. The van der Waals surface area contributed by atoms with Crippen molar-refractivity contribution in [3.63, 3.8) is 0 Å². The van der Waals surface area contributed by atoms with Crippen LogP contribution in [-0.2, 0) is 9.59 Å². The Morgan fingerprint density at radius 3 is 2.59 bits per heavy atom. The van der Waals surface area contributed by atoms with Crippen LogP contribution in [0, 0.1) is 5.92 Å². The zero-order chi connectivity index (χ0) is 12.3. The lowest BCUT2D eigenvalue weighted by atomic mass is 10.1. The van der Waals surface area contributed by atoms with Gasteiger partial charge < -0.3 is 9.80 Å². The molecule has 4 nitrogen and oxygen atoms in total. The molecule has 2 heterocycles. The number of likely N-dealkylation sites (tertiary alicyclic amines) is 2. The Hall–Kier alpha value is -1.32. The van der Waals surface area contributed by atoms with Gasteiger partial charge in [-0.15, -0.1) is 6.58 Å². The van der Waals surface area contributed by atoms with Crippen molar-refractivity contribution in [3.8, 4) is 0 Å². The Kier molecular flexibility index (Phi) is 3.82. The highest BCUT2D eigenvalue weighted by Gasteiger charge is 2.27. The number of carbonyl (C=O) groups is 2. The quantitative estimate of drug-likeness (QED) is 0.669. The molecule has 0 saturated carbocycles. The summed E-state index contributed by atoms with van der Waals surface area (Å²) in [5, 5.41) is 0. The fourth-order valence-corrected chi connectivity index (χ4v) is 2.57. The van der Waals surface area contributed by atoms with Crippen LogP contribution >= 0.6 is 0 Å². The molecular weight excluding hydrogens is 216 g/mol. The average Bonchev–Trinajstić information content (AvgIpc) is 2.87. The Balaban J connectivity index is 1.70. The average molecular weight is 236 g/mol. The third-order valence-electron chi connectivity index (χ3n) is 3.61. The Morgan fingerprint density at radius 2 is 2.00 bits per heavy atom. The molecule has 2 aliphatic rings. The van der Waals surface area contributed by atoms with E-state index in [-0.39, 0.29) is 11.8 Å². The lowest BCUT2D eigenvalue weighted by molar-refractivity contribution is -0.128. The van der Waals surface area contributed by atoms with Crippen LogP contribution in [0.25, 0.3) is 0 Å². The lowest BCUT2D eigenvalue weighted by Crippen LogP contribution is -2.31. The smallest absolute Gasteiger partial charge is 0.223 e. The Labute approximate surface area is 102 Å². The van der Waals surface area contributed by atoms with Gasteiger partial charge in [-0.05, 0) is 12.8 Å². The molecule has 4 heteroatoms. The molecule has 0 radical (unpaired) electrons. The number of hydrogen-bond donors (Lipinski definition) is 0. The van der Waals surface area contributed by atoms with Gasteiger partial charge in [-0.25, -0.2) is 0 Å². The number of nitrogens with zero attached hydrogens (tertiary/aromatic N) is 2. The molecule has 0 N–H and O–H groups in total. The molecule has 0 bridgehead atoms. The lowest BCUT2D eigenvalue weighted by Gasteiger charge is -2.19. The topological polar surface area (TPSA) is 40.6 Å². The van der Waals surface area contributed by atoms with E-state index >= 15 is 0 Å². The third-order valence-corrected chi connectivity index (χ3v) is 3.61. The SMILES string of the molecule is C=CC1CC(=O)N(CCCN2CCCC2=O)C1. The predicted molar refractivity (Wildman–Crippen MR) is 65.3 cm³/mol. The van der Waals surface area contributed by atoms with Gasteiger partial charge in [0.15, 0.2) is 0 Å². The third kappa shape index (κ3) is 2.87. The van der Waals surface area contributed by atoms with Crippen molar-refractivity contribution < 1.29 is 9.59 Å². The summed E-state index contributed by atoms with van der Waals surface area (Å²) in [6, 6.07) is 0. The van der Waals surface area contributed by atoms with E-state index in [0.717, 1.165) is 39.0 Å². The maximum absolute atomic E-state index is 11.6. The first-order valence-corrected chi connectivity index (χ1v) is 6.39. The van der Waals surface area contributed by atoms with E-state index < -0.39 is 0 Å². The van der Waals surface area contributed by atoms with Gasteiger partial charge in [0.25, 0.3) is 0 Å². The van der Waals surface area contributed by atoms with E-state index in [1.54, 1.807) is 0 Å². The minimum absolute atomic E-state index is 0.225. The number of amides is 2. The van der Waals surface area contributed by atoms with E-state index in [2.05, 4.69) is 6.58 Å². The van der Waals surface area contributed by atoms with E-state index in [0.29, 0.717) is 18.8 Å². The van der Waals surface area contributed by atoms with Gasteiger partial charge in [0.05, 0.1) is 0 Å². The zero-order valence-electron chi connectivity index (χ0n) is 10.2. The molecule has 1 atom stereocenters. The van der Waals surface area contributed by atoms with Crippen LogP contribution < -0.4 is 0 Å². The minimum atomic E-state index is 0.225. The standard InChI is InChI=1S/C13H20N2O2/c1-2-11-9-13(17)15(10-11)8-4-7-14-6-3-5-12(14)16/h2,11H,1,3-10H2. The van der Waals surface area contributed by atoms with Crippen molar-refractivity contribution in [2.24, 2.45) is 5.92 Å². The van der Waals surface area contributed by atoms with Gasteiger partial charge in [-0.3, -0.25) is 9.59 Å². The summed E-state index contributed by atoms with van der Waals surface area (Å²) in [4.78, 5) is 26.8. The van der Waals surface area contributed by atoms with Gasteiger partial charge in [0.2, 0.25) is 11.8 Å². The van der Waals surface area contributed by atoms with Crippen LogP contribution in [0.4, 0.5) is 0 Å². The second-order valence-corrected chi connectivity index (χ2v) is 4.88. The van der Waals surface area contributed by atoms with Crippen molar-refractivity contribution in [1.82, 2.24) is 9.80 Å². The first-order valence-electron chi connectivity index (χ1n) is 6.39. The largest absolute Gasteiger partial charge is 0.343 e. The van der Waals surface area contributed by atoms with Crippen molar-refractivity contribution in [1.29, 1.82) is 0 Å². The molecule has 2 rings (SSSR count). The summed E-state index contributed by atoms with van der Waals surface area (Å²) in [7, 11) is 0. The molecule has 17 heavy (non-hydrogen) atoms. The predicted octanol–water partition coefficient (Wildman–Crippen LogP) is 1.03. The molecule has 0 aromatic carbocycles. The highest BCUT2D eigenvalue weighted by atomic mass is 16.2. The van der Waals surface area contributed by atoms with Crippen LogP contribution in [0.1, 0.15) is 25.7 Å². The first kappa shape index (κ1) is 12.1. The molecule has 94 valence electrons. The number of hydrogen-bond acceptors (Lipinski definition) is 2. The van der Waals surface area contributed by atoms with Gasteiger partial charge in [0, 0.05) is 44.9 Å². The van der Waals surface area contributed by atoms with Crippen LogP contribution in [0.5, 0.6) is 0 Å². The second-order valence-electron chi connectivity index (χ2n) is 4.88. The van der Waals surface area contributed by atoms with Gasteiger partial charge in [0.1, 0.15) is 0 Å². The molecule has 1 unspecified atom stereocenters. The van der Waals surface area contributed by atoms with Crippen molar-refractivity contribution in [2.45, 2.75) is 25.7 Å². The summed E-state index contributed by atoms with van der Waals surface area (Å²) in [6.07, 6.45) is 5.04. The highest BCUT2D eigenvalue weighted by Crippen LogP contribution is 2.18. The van der Waals surface area contributed by atoms with Crippen LogP contribution in [0.3, 0.4) is 0 Å². The molecule has 2 saturated heterocycles. The van der Waals surface area contributed by atoms with Crippen LogP contribution in [0.15, 0.2) is 12.7 Å². The van der Waals surface area contributed by atoms with E-state index in [1.807, 2.05) is 15.9 Å². The van der Waals surface area contributed by atoms with Crippen molar-refractivity contribution >= 4 is 11.8 Å². The molecule has 0 spiro atoms. The molecule has 0 aromatic rings.